The second kappa shape index (κ2) is 6.15. The Morgan fingerprint density at radius 1 is 1.15 bits per heavy atom. The Hall–Kier alpha value is -1.72. The van der Waals surface area contributed by atoms with Crippen LogP contribution in [0.15, 0.2) is 41.3 Å². The second-order valence-corrected chi connectivity index (χ2v) is 5.70. The topological polar surface area (TPSA) is 45.5 Å². The molecule has 1 aromatic heterocycles. The van der Waals surface area contributed by atoms with Gasteiger partial charge in [-0.3, -0.25) is 10.0 Å². The first-order valence-corrected chi connectivity index (χ1v) is 7.31. The highest BCUT2D eigenvalue weighted by Crippen LogP contribution is 2.22. The number of nitrogens with zero attached hydrogens (tertiary/aromatic N) is 2. The van der Waals surface area contributed by atoms with Crippen molar-refractivity contribution in [3.8, 4) is 5.69 Å². The Morgan fingerprint density at radius 2 is 1.70 bits per heavy atom. The largest absolute Gasteiger partial charge is 0.319 e. The average molecular weight is 290 g/mol. The summed E-state index contributed by atoms with van der Waals surface area (Å²) in [5.74, 6) is -0.0790. The lowest BCUT2D eigenvalue weighted by molar-refractivity contribution is -0.155. The standard InChI is InChI=1S/C15H18N2O2S/c1-11-4-5-12(2)17(11)13-6-8-14(9-7-13)20-10-15(18)16(3)19/h4-9,19H,10H2,1-3H3. The van der Waals surface area contributed by atoms with Gasteiger partial charge in [0.15, 0.2) is 0 Å². The Kier molecular flexibility index (Phi) is 4.52. The van der Waals surface area contributed by atoms with Gasteiger partial charge in [0.1, 0.15) is 0 Å². The Labute approximate surface area is 123 Å². The van der Waals surface area contributed by atoms with E-state index in [2.05, 4.69) is 30.5 Å². The van der Waals surface area contributed by atoms with Gasteiger partial charge < -0.3 is 4.57 Å². The van der Waals surface area contributed by atoms with Gasteiger partial charge in [-0.1, -0.05) is 0 Å². The summed E-state index contributed by atoms with van der Waals surface area (Å²) in [6, 6.07) is 12.2. The summed E-state index contributed by atoms with van der Waals surface area (Å²) in [5, 5.41) is 9.62. The average Bonchev–Trinajstić information content (AvgIpc) is 2.76. The monoisotopic (exact) mass is 290 g/mol. The van der Waals surface area contributed by atoms with E-state index in [1.807, 2.05) is 24.3 Å². The Balaban J connectivity index is 2.09. The number of hydrogen-bond donors (Lipinski definition) is 1. The van der Waals surface area contributed by atoms with Crippen LogP contribution in [0.2, 0.25) is 0 Å². The summed E-state index contributed by atoms with van der Waals surface area (Å²) in [6.07, 6.45) is 0. The molecular formula is C15H18N2O2S. The van der Waals surface area contributed by atoms with Gasteiger partial charge in [-0.05, 0) is 50.2 Å². The molecule has 1 aromatic carbocycles. The van der Waals surface area contributed by atoms with Crippen LogP contribution in [-0.4, -0.2) is 33.5 Å². The molecule has 0 bridgehead atoms. The van der Waals surface area contributed by atoms with Crippen molar-refractivity contribution in [2.75, 3.05) is 12.8 Å². The van der Waals surface area contributed by atoms with Crippen LogP contribution < -0.4 is 0 Å². The molecule has 0 atom stereocenters. The molecule has 4 nitrogen and oxygen atoms in total. The number of amides is 1. The highest BCUT2D eigenvalue weighted by Gasteiger charge is 2.07. The highest BCUT2D eigenvalue weighted by molar-refractivity contribution is 8.00. The van der Waals surface area contributed by atoms with E-state index in [-0.39, 0.29) is 11.7 Å². The van der Waals surface area contributed by atoms with Gasteiger partial charge in [0, 0.05) is 29.0 Å². The molecule has 106 valence electrons. The molecule has 1 heterocycles. The van der Waals surface area contributed by atoms with Crippen molar-refractivity contribution in [1.29, 1.82) is 0 Å². The van der Waals surface area contributed by atoms with Gasteiger partial charge in [0.25, 0.3) is 5.91 Å². The number of thioether (sulfide) groups is 1. The number of aromatic nitrogens is 1. The third-order valence-electron chi connectivity index (χ3n) is 3.09. The van der Waals surface area contributed by atoms with Crippen LogP contribution in [0.3, 0.4) is 0 Å². The first kappa shape index (κ1) is 14.7. The molecule has 2 aromatic rings. The lowest BCUT2D eigenvalue weighted by atomic mass is 10.3. The summed E-state index contributed by atoms with van der Waals surface area (Å²) in [6.45, 7) is 4.15. The minimum atomic E-state index is -0.309. The fourth-order valence-electron chi connectivity index (χ4n) is 2.01. The van der Waals surface area contributed by atoms with E-state index in [0.717, 1.165) is 10.6 Å². The van der Waals surface area contributed by atoms with E-state index in [0.29, 0.717) is 5.06 Å². The predicted molar refractivity (Wildman–Crippen MR) is 80.5 cm³/mol. The molecule has 0 spiro atoms. The van der Waals surface area contributed by atoms with Crippen LogP contribution in [0.4, 0.5) is 0 Å². The van der Waals surface area contributed by atoms with Gasteiger partial charge in [-0.2, -0.15) is 0 Å². The first-order valence-electron chi connectivity index (χ1n) is 6.32. The van der Waals surface area contributed by atoms with E-state index in [1.54, 1.807) is 0 Å². The fraction of sp³-hybridized carbons (Fsp3) is 0.267. The molecule has 20 heavy (non-hydrogen) atoms. The summed E-state index contributed by atoms with van der Waals surface area (Å²) < 4.78 is 2.18. The van der Waals surface area contributed by atoms with Crippen molar-refractivity contribution in [2.24, 2.45) is 0 Å². The van der Waals surface area contributed by atoms with Crippen molar-refractivity contribution in [3.05, 3.63) is 47.8 Å². The van der Waals surface area contributed by atoms with Gasteiger partial charge in [-0.25, -0.2) is 5.06 Å². The molecular weight excluding hydrogens is 272 g/mol. The van der Waals surface area contributed by atoms with Crippen LogP contribution in [0.25, 0.3) is 5.69 Å². The third-order valence-corrected chi connectivity index (χ3v) is 4.09. The summed E-state index contributed by atoms with van der Waals surface area (Å²) in [4.78, 5) is 12.3. The number of hydrogen-bond acceptors (Lipinski definition) is 3. The van der Waals surface area contributed by atoms with Crippen LogP contribution in [0, 0.1) is 13.8 Å². The Morgan fingerprint density at radius 3 is 2.20 bits per heavy atom. The van der Waals surface area contributed by atoms with E-state index in [1.165, 1.54) is 30.2 Å². The molecule has 0 unspecified atom stereocenters. The van der Waals surface area contributed by atoms with Crippen LogP contribution in [-0.2, 0) is 4.79 Å². The predicted octanol–water partition coefficient (Wildman–Crippen LogP) is 3.03. The molecule has 5 heteroatoms. The number of carbonyl (C=O) groups is 1. The number of rotatable bonds is 4. The number of benzene rings is 1. The maximum absolute atomic E-state index is 11.3. The molecule has 0 aliphatic heterocycles. The second-order valence-electron chi connectivity index (χ2n) is 4.65. The van der Waals surface area contributed by atoms with Crippen molar-refractivity contribution >= 4 is 17.7 Å². The summed E-state index contributed by atoms with van der Waals surface area (Å²) in [5.41, 5.74) is 3.50. The van der Waals surface area contributed by atoms with Crippen molar-refractivity contribution < 1.29 is 10.0 Å². The molecule has 0 radical (unpaired) electrons. The minimum Gasteiger partial charge on any atom is -0.319 e. The molecule has 1 amide bonds. The molecule has 0 saturated carbocycles. The zero-order chi connectivity index (χ0) is 14.7. The highest BCUT2D eigenvalue weighted by atomic mass is 32.2. The number of aryl methyl sites for hydroxylation is 2. The molecule has 0 fully saturated rings. The number of hydroxylamine groups is 2. The first-order chi connectivity index (χ1) is 9.49. The van der Waals surface area contributed by atoms with Crippen LogP contribution in [0.1, 0.15) is 11.4 Å². The van der Waals surface area contributed by atoms with Crippen LogP contribution >= 0.6 is 11.8 Å². The van der Waals surface area contributed by atoms with Gasteiger partial charge in [-0.15, -0.1) is 11.8 Å². The van der Waals surface area contributed by atoms with Crippen molar-refractivity contribution in [3.63, 3.8) is 0 Å². The van der Waals surface area contributed by atoms with Gasteiger partial charge >= 0.3 is 0 Å². The minimum absolute atomic E-state index is 0.230. The summed E-state index contributed by atoms with van der Waals surface area (Å²) >= 11 is 1.41. The maximum Gasteiger partial charge on any atom is 0.255 e. The Bertz CT molecular complexity index is 583. The summed E-state index contributed by atoms with van der Waals surface area (Å²) in [7, 11) is 1.34. The normalized spacial score (nSPS) is 10.6. The maximum atomic E-state index is 11.3. The van der Waals surface area contributed by atoms with E-state index in [9.17, 15) is 4.79 Å². The lowest BCUT2D eigenvalue weighted by Gasteiger charge is -2.11. The molecule has 1 N–H and O–H groups in total. The van der Waals surface area contributed by atoms with E-state index in [4.69, 9.17) is 5.21 Å². The van der Waals surface area contributed by atoms with Crippen LogP contribution in [0.5, 0.6) is 0 Å². The molecule has 2 rings (SSSR count). The zero-order valence-corrected chi connectivity index (χ0v) is 12.6. The van der Waals surface area contributed by atoms with Crippen molar-refractivity contribution in [1.82, 2.24) is 9.63 Å². The quantitative estimate of drug-likeness (QED) is 0.535. The molecule has 0 aliphatic carbocycles. The van der Waals surface area contributed by atoms with E-state index < -0.39 is 0 Å². The fourth-order valence-corrected chi connectivity index (χ4v) is 2.81. The lowest BCUT2D eigenvalue weighted by Crippen LogP contribution is -2.24. The smallest absolute Gasteiger partial charge is 0.255 e. The third kappa shape index (κ3) is 3.23. The van der Waals surface area contributed by atoms with Gasteiger partial charge in [0.05, 0.1) is 5.75 Å². The molecule has 0 aliphatic rings. The molecule has 0 saturated heterocycles. The van der Waals surface area contributed by atoms with Gasteiger partial charge in [0.2, 0.25) is 0 Å². The van der Waals surface area contributed by atoms with Crippen molar-refractivity contribution in [2.45, 2.75) is 18.7 Å². The number of carbonyl (C=O) groups excluding carboxylic acids is 1. The zero-order valence-electron chi connectivity index (χ0n) is 11.8. The van der Waals surface area contributed by atoms with E-state index >= 15 is 0 Å². The SMILES string of the molecule is Cc1ccc(C)n1-c1ccc(SCC(=O)N(C)O)cc1.